The molecule has 0 aliphatic carbocycles. The van der Waals surface area contributed by atoms with E-state index < -0.39 is 11.7 Å². The average molecular weight is 125 g/mol. The molecule has 2 N–H and O–H groups in total. The van der Waals surface area contributed by atoms with Gasteiger partial charge in [-0.15, -0.1) is 0 Å². The van der Waals surface area contributed by atoms with Gasteiger partial charge in [-0.25, -0.2) is 0 Å². The van der Waals surface area contributed by atoms with Crippen LogP contribution in [-0.2, 0) is 4.79 Å². The first-order valence-corrected chi connectivity index (χ1v) is 2.13. The summed E-state index contributed by atoms with van der Waals surface area (Å²) in [5.41, 5.74) is -1.90. The molecule has 0 saturated carbocycles. The van der Waals surface area contributed by atoms with E-state index in [1.54, 1.807) is 0 Å². The predicted octanol–water partition coefficient (Wildman–Crippen LogP) is -5.33. The quantitative estimate of drug-likeness (QED) is 0.285. The van der Waals surface area contributed by atoms with Crippen molar-refractivity contribution in [2.75, 3.05) is 7.05 Å². The summed E-state index contributed by atoms with van der Waals surface area (Å²) in [5, 5.41) is 20.6. The number of carboxylic acid groups (broad SMARTS) is 1. The van der Waals surface area contributed by atoms with E-state index in [-0.39, 0.29) is 18.9 Å². The van der Waals surface area contributed by atoms with Crippen molar-refractivity contribution in [1.29, 1.82) is 0 Å². The van der Waals surface area contributed by atoms with Crippen molar-refractivity contribution in [2.24, 2.45) is 0 Å². The topological polar surface area (TPSA) is 72.4 Å². The van der Waals surface area contributed by atoms with Gasteiger partial charge >= 0.3 is 18.9 Å². The number of hydrogen-bond donors (Lipinski definition) is 2. The molecule has 48 valence electrons. The van der Waals surface area contributed by atoms with Crippen LogP contribution in [0.15, 0.2) is 0 Å². The van der Waals surface area contributed by atoms with Gasteiger partial charge in [0.25, 0.3) is 0 Å². The third-order valence-electron chi connectivity index (χ3n) is 0.884. The molecule has 0 saturated heterocycles. The zero-order chi connectivity index (χ0) is 6.78. The van der Waals surface area contributed by atoms with E-state index in [0.29, 0.717) is 0 Å². The van der Waals surface area contributed by atoms with Crippen molar-refractivity contribution >= 4 is 5.97 Å². The molecule has 0 aromatic heterocycles. The summed E-state index contributed by atoms with van der Waals surface area (Å²) in [5.74, 6) is -1.53. The Kier molecular flexibility index (Phi) is 5.10. The second-order valence-corrected chi connectivity index (χ2v) is 1.61. The molecule has 5 heteroatoms. The molecule has 0 radical (unpaired) electrons. The van der Waals surface area contributed by atoms with Crippen LogP contribution in [-0.4, -0.2) is 23.8 Å². The first-order valence-electron chi connectivity index (χ1n) is 2.13. The Hall–Kier alpha value is -0.0126. The Morgan fingerprint density at radius 3 is 2.11 bits per heavy atom. The molecule has 0 heterocycles. The maximum atomic E-state index is 9.83. The van der Waals surface area contributed by atoms with Crippen LogP contribution in [0.1, 0.15) is 6.92 Å². The van der Waals surface area contributed by atoms with Gasteiger partial charge in [0, 0.05) is 0 Å². The summed E-state index contributed by atoms with van der Waals surface area (Å²) in [4.78, 5) is 9.83. The number of carbonyl (C=O) groups excluding carboxylic acids is 1. The number of carboxylic acids is 1. The van der Waals surface area contributed by atoms with Gasteiger partial charge in [0.15, 0.2) is 5.72 Å². The van der Waals surface area contributed by atoms with Crippen LogP contribution in [0.2, 0.25) is 0 Å². The van der Waals surface area contributed by atoms with Gasteiger partial charge in [-0.3, -0.25) is 5.32 Å². The van der Waals surface area contributed by atoms with E-state index >= 15 is 0 Å². The summed E-state index contributed by atoms with van der Waals surface area (Å²) in [7, 11) is 1.33. The molecule has 1 unspecified atom stereocenters. The van der Waals surface area contributed by atoms with Crippen LogP contribution in [0, 0.1) is 0 Å². The molecule has 0 bridgehead atoms. The first kappa shape index (κ1) is 11.7. The molecular weight excluding hydrogens is 117 g/mol. The van der Waals surface area contributed by atoms with Crippen molar-refractivity contribution in [2.45, 2.75) is 12.6 Å². The van der Waals surface area contributed by atoms with Gasteiger partial charge in [0.1, 0.15) is 0 Å². The van der Waals surface area contributed by atoms with Gasteiger partial charge in [-0.2, -0.15) is 0 Å². The molecular formula is C4H8LiNO3. The molecule has 0 aliphatic rings. The van der Waals surface area contributed by atoms with E-state index in [4.69, 9.17) is 5.11 Å². The maximum Gasteiger partial charge on any atom is 1.00 e. The van der Waals surface area contributed by atoms with Crippen molar-refractivity contribution in [1.82, 2.24) is 5.32 Å². The monoisotopic (exact) mass is 125 g/mol. The van der Waals surface area contributed by atoms with Gasteiger partial charge < -0.3 is 15.0 Å². The second kappa shape index (κ2) is 3.91. The molecule has 0 aromatic carbocycles. The zero-order valence-corrected chi connectivity index (χ0v) is 5.76. The Morgan fingerprint density at radius 2 is 2.11 bits per heavy atom. The molecule has 0 aromatic rings. The molecule has 0 aliphatic heterocycles. The van der Waals surface area contributed by atoms with Crippen LogP contribution in [0.4, 0.5) is 0 Å². The number of rotatable bonds is 2. The van der Waals surface area contributed by atoms with Gasteiger partial charge in [0.05, 0.1) is 5.97 Å². The molecule has 0 amide bonds. The number of carbonyl (C=O) groups is 1. The van der Waals surface area contributed by atoms with Crippen molar-refractivity contribution in [3.8, 4) is 0 Å². The Bertz CT molecular complexity index is 104. The third-order valence-corrected chi connectivity index (χ3v) is 0.884. The van der Waals surface area contributed by atoms with Gasteiger partial charge in [-0.05, 0) is 14.0 Å². The summed E-state index contributed by atoms with van der Waals surface area (Å²) in [6.45, 7) is 1.10. The van der Waals surface area contributed by atoms with Gasteiger partial charge in [0.2, 0.25) is 0 Å². The van der Waals surface area contributed by atoms with Crippen molar-refractivity contribution < 1.29 is 33.9 Å². The van der Waals surface area contributed by atoms with Gasteiger partial charge in [-0.1, -0.05) is 0 Å². The molecule has 0 spiro atoms. The van der Waals surface area contributed by atoms with Crippen LogP contribution in [0.3, 0.4) is 0 Å². The van der Waals surface area contributed by atoms with Crippen molar-refractivity contribution in [3.05, 3.63) is 0 Å². The number of hydrogen-bond acceptors (Lipinski definition) is 4. The van der Waals surface area contributed by atoms with Crippen LogP contribution in [0.25, 0.3) is 0 Å². The van der Waals surface area contributed by atoms with E-state index in [2.05, 4.69) is 5.32 Å². The molecule has 0 rings (SSSR count). The smallest absolute Gasteiger partial charge is 0.546 e. The number of aliphatic carboxylic acids is 1. The maximum absolute atomic E-state index is 9.83. The van der Waals surface area contributed by atoms with Crippen LogP contribution in [0.5, 0.6) is 0 Å². The second-order valence-electron chi connectivity index (χ2n) is 1.61. The summed E-state index contributed by atoms with van der Waals surface area (Å²) >= 11 is 0. The molecule has 4 nitrogen and oxygen atoms in total. The normalized spacial score (nSPS) is 15.4. The summed E-state index contributed by atoms with van der Waals surface area (Å²) in [6, 6.07) is 0. The summed E-state index contributed by atoms with van der Waals surface area (Å²) in [6.07, 6.45) is 0. The van der Waals surface area contributed by atoms with Crippen LogP contribution >= 0.6 is 0 Å². The third kappa shape index (κ3) is 3.54. The Morgan fingerprint density at radius 1 is 1.78 bits per heavy atom. The van der Waals surface area contributed by atoms with E-state index in [1.807, 2.05) is 0 Å². The molecule has 9 heavy (non-hydrogen) atoms. The minimum atomic E-state index is -1.90. The first-order chi connectivity index (χ1) is 3.50. The average Bonchev–Trinajstić information content (AvgIpc) is 1.67. The van der Waals surface area contributed by atoms with E-state index in [9.17, 15) is 9.90 Å². The summed E-state index contributed by atoms with van der Waals surface area (Å²) < 4.78 is 0. The van der Waals surface area contributed by atoms with E-state index in [0.717, 1.165) is 6.92 Å². The fraction of sp³-hybridized carbons (Fsp3) is 0.750. The number of aliphatic hydroxyl groups is 1. The predicted molar refractivity (Wildman–Crippen MR) is 24.7 cm³/mol. The SMILES string of the molecule is CNC(C)(O)C(=O)[O-].[Li+]. The Labute approximate surface area is 65.4 Å². The van der Waals surface area contributed by atoms with Crippen molar-refractivity contribution in [3.63, 3.8) is 0 Å². The molecule has 0 fully saturated rings. The minimum absolute atomic E-state index is 0. The number of nitrogens with one attached hydrogen (secondary N) is 1. The van der Waals surface area contributed by atoms with Crippen LogP contribution < -0.4 is 29.3 Å². The standard InChI is InChI=1S/C4H9NO3.Li/c1-4(8,5-2)3(6)7;/h5,8H,1-2H3,(H,6,7);/q;+1/p-1. The fourth-order valence-corrected chi connectivity index (χ4v) is 0.102. The minimum Gasteiger partial charge on any atom is -0.546 e. The largest absolute Gasteiger partial charge is 1.00 e. The molecule has 1 atom stereocenters. The zero-order valence-electron chi connectivity index (χ0n) is 5.76. The number of likely N-dealkylation sites (N-methyl/N-ethyl adjacent to an activating group) is 1. The fourth-order valence-electron chi connectivity index (χ4n) is 0.102. The van der Waals surface area contributed by atoms with E-state index in [1.165, 1.54) is 7.05 Å². The Balaban J connectivity index is 0.